The Balaban J connectivity index is 1.90. The molecule has 0 spiro atoms. The standard InChI is InChI=1S/C13H13N3O3/c1-9-14-10(8-17)11-7-15(4-5-16(9)11)13(18)12-3-2-6-19-12/h2-3,6,8H,4-5,7H2,1H3. The van der Waals surface area contributed by atoms with E-state index < -0.39 is 0 Å². The summed E-state index contributed by atoms with van der Waals surface area (Å²) >= 11 is 0. The molecule has 0 atom stereocenters. The van der Waals surface area contributed by atoms with E-state index >= 15 is 0 Å². The minimum Gasteiger partial charge on any atom is -0.459 e. The molecule has 0 saturated heterocycles. The molecule has 3 heterocycles. The molecule has 1 aliphatic rings. The van der Waals surface area contributed by atoms with Gasteiger partial charge < -0.3 is 13.9 Å². The molecule has 0 aliphatic carbocycles. The van der Waals surface area contributed by atoms with Crippen molar-refractivity contribution < 1.29 is 14.0 Å². The van der Waals surface area contributed by atoms with Gasteiger partial charge in [-0.05, 0) is 19.1 Å². The second-order valence-electron chi connectivity index (χ2n) is 4.46. The number of imidazole rings is 1. The third-order valence-corrected chi connectivity index (χ3v) is 3.36. The highest BCUT2D eigenvalue weighted by Crippen LogP contribution is 2.19. The van der Waals surface area contributed by atoms with Crippen molar-refractivity contribution in [2.24, 2.45) is 0 Å². The van der Waals surface area contributed by atoms with Crippen LogP contribution in [0.4, 0.5) is 0 Å². The van der Waals surface area contributed by atoms with E-state index in [0.29, 0.717) is 31.1 Å². The largest absolute Gasteiger partial charge is 0.459 e. The van der Waals surface area contributed by atoms with Crippen LogP contribution in [0.25, 0.3) is 0 Å². The maximum atomic E-state index is 12.2. The summed E-state index contributed by atoms with van der Waals surface area (Å²) in [7, 11) is 0. The zero-order valence-corrected chi connectivity index (χ0v) is 10.5. The van der Waals surface area contributed by atoms with Gasteiger partial charge in [0.25, 0.3) is 5.91 Å². The highest BCUT2D eigenvalue weighted by Gasteiger charge is 2.26. The summed E-state index contributed by atoms with van der Waals surface area (Å²) in [6.45, 7) is 3.48. The van der Waals surface area contributed by atoms with Crippen LogP contribution in [0.15, 0.2) is 22.8 Å². The van der Waals surface area contributed by atoms with E-state index in [0.717, 1.165) is 17.8 Å². The van der Waals surface area contributed by atoms with Crippen molar-refractivity contribution in [2.45, 2.75) is 20.0 Å². The first-order chi connectivity index (χ1) is 9.20. The van der Waals surface area contributed by atoms with Gasteiger partial charge in [-0.3, -0.25) is 9.59 Å². The summed E-state index contributed by atoms with van der Waals surface area (Å²) in [4.78, 5) is 29.1. The third-order valence-electron chi connectivity index (χ3n) is 3.36. The molecule has 2 aromatic heterocycles. The Morgan fingerprint density at radius 3 is 3.00 bits per heavy atom. The SMILES string of the molecule is Cc1nc(C=O)c2n1CCN(C(=O)c1ccco1)C2. The Labute approximate surface area is 109 Å². The molecule has 6 nitrogen and oxygen atoms in total. The molecule has 0 radical (unpaired) electrons. The van der Waals surface area contributed by atoms with Crippen molar-refractivity contribution in [3.63, 3.8) is 0 Å². The van der Waals surface area contributed by atoms with E-state index in [1.165, 1.54) is 6.26 Å². The van der Waals surface area contributed by atoms with Gasteiger partial charge in [0.2, 0.25) is 0 Å². The first kappa shape index (κ1) is 11.7. The van der Waals surface area contributed by atoms with Crippen LogP contribution in [0.3, 0.4) is 0 Å². The average molecular weight is 259 g/mol. The molecule has 0 bridgehead atoms. The number of aldehydes is 1. The van der Waals surface area contributed by atoms with Crippen LogP contribution < -0.4 is 0 Å². The second-order valence-corrected chi connectivity index (χ2v) is 4.46. The van der Waals surface area contributed by atoms with Crippen LogP contribution in [0.1, 0.15) is 32.6 Å². The van der Waals surface area contributed by atoms with Crippen LogP contribution in [-0.2, 0) is 13.1 Å². The molecule has 0 N–H and O–H groups in total. The quantitative estimate of drug-likeness (QED) is 0.761. The molecule has 1 amide bonds. The van der Waals surface area contributed by atoms with E-state index in [4.69, 9.17) is 4.42 Å². The van der Waals surface area contributed by atoms with E-state index in [-0.39, 0.29) is 5.91 Å². The lowest BCUT2D eigenvalue weighted by Crippen LogP contribution is -2.38. The predicted molar refractivity (Wildman–Crippen MR) is 65.8 cm³/mol. The summed E-state index contributed by atoms with van der Waals surface area (Å²) in [5.41, 5.74) is 1.20. The molecule has 19 heavy (non-hydrogen) atoms. The zero-order chi connectivity index (χ0) is 13.4. The lowest BCUT2D eigenvalue weighted by atomic mass is 10.2. The van der Waals surface area contributed by atoms with Crippen LogP contribution in [-0.4, -0.2) is 33.2 Å². The van der Waals surface area contributed by atoms with Gasteiger partial charge in [-0.25, -0.2) is 4.98 Å². The number of carbonyl (C=O) groups excluding carboxylic acids is 2. The van der Waals surface area contributed by atoms with Crippen molar-refractivity contribution >= 4 is 12.2 Å². The van der Waals surface area contributed by atoms with Crippen LogP contribution in [0.2, 0.25) is 0 Å². The van der Waals surface area contributed by atoms with Gasteiger partial charge in [0.15, 0.2) is 12.0 Å². The van der Waals surface area contributed by atoms with Crippen molar-refractivity contribution in [3.05, 3.63) is 41.4 Å². The summed E-state index contributed by atoms with van der Waals surface area (Å²) in [6, 6.07) is 3.32. The number of fused-ring (bicyclic) bond motifs is 1. The fraction of sp³-hybridized carbons (Fsp3) is 0.308. The number of amides is 1. The second kappa shape index (κ2) is 4.38. The maximum absolute atomic E-state index is 12.2. The number of furan rings is 1. The molecule has 0 unspecified atom stereocenters. The number of rotatable bonds is 2. The Bertz CT molecular complexity index is 628. The highest BCUT2D eigenvalue weighted by atomic mass is 16.3. The Kier molecular flexibility index (Phi) is 2.70. The van der Waals surface area contributed by atoms with Gasteiger partial charge in [0.05, 0.1) is 18.5 Å². The molecule has 98 valence electrons. The van der Waals surface area contributed by atoms with Crippen LogP contribution >= 0.6 is 0 Å². The van der Waals surface area contributed by atoms with E-state index in [2.05, 4.69) is 4.98 Å². The number of nitrogens with zero attached hydrogens (tertiary/aromatic N) is 3. The van der Waals surface area contributed by atoms with Gasteiger partial charge in [-0.2, -0.15) is 0 Å². The summed E-state index contributed by atoms with van der Waals surface area (Å²) in [5, 5.41) is 0. The summed E-state index contributed by atoms with van der Waals surface area (Å²) in [6.07, 6.45) is 2.21. The topological polar surface area (TPSA) is 68.3 Å². The molecular formula is C13H13N3O3. The predicted octanol–water partition coefficient (Wildman–Crippen LogP) is 1.25. The monoisotopic (exact) mass is 259 g/mol. The Hall–Kier alpha value is -2.37. The maximum Gasteiger partial charge on any atom is 0.289 e. The molecule has 1 aliphatic heterocycles. The van der Waals surface area contributed by atoms with Crippen LogP contribution in [0.5, 0.6) is 0 Å². The minimum absolute atomic E-state index is 0.160. The fourth-order valence-electron chi connectivity index (χ4n) is 2.40. The van der Waals surface area contributed by atoms with E-state index in [1.54, 1.807) is 17.0 Å². The normalized spacial score (nSPS) is 14.3. The number of aromatic nitrogens is 2. The minimum atomic E-state index is -0.160. The molecule has 6 heteroatoms. The van der Waals surface area contributed by atoms with E-state index in [9.17, 15) is 9.59 Å². The molecule has 0 aromatic carbocycles. The smallest absolute Gasteiger partial charge is 0.289 e. The first-order valence-corrected chi connectivity index (χ1v) is 6.04. The number of hydrogen-bond acceptors (Lipinski definition) is 4. The van der Waals surface area contributed by atoms with Crippen molar-refractivity contribution in [2.75, 3.05) is 6.54 Å². The van der Waals surface area contributed by atoms with Crippen molar-refractivity contribution in [3.8, 4) is 0 Å². The lowest BCUT2D eigenvalue weighted by molar-refractivity contribution is 0.0676. The van der Waals surface area contributed by atoms with Gasteiger partial charge >= 0.3 is 0 Å². The van der Waals surface area contributed by atoms with Gasteiger partial charge in [0.1, 0.15) is 11.5 Å². The molecular weight excluding hydrogens is 246 g/mol. The van der Waals surface area contributed by atoms with Crippen LogP contribution in [0, 0.1) is 6.92 Å². The van der Waals surface area contributed by atoms with Crippen molar-refractivity contribution in [1.29, 1.82) is 0 Å². The number of carbonyl (C=O) groups is 2. The van der Waals surface area contributed by atoms with Gasteiger partial charge in [-0.15, -0.1) is 0 Å². The zero-order valence-electron chi connectivity index (χ0n) is 10.5. The first-order valence-electron chi connectivity index (χ1n) is 6.04. The molecule has 2 aromatic rings. The van der Waals surface area contributed by atoms with E-state index in [1.807, 2.05) is 11.5 Å². The summed E-state index contributed by atoms with van der Waals surface area (Å²) in [5.74, 6) is 0.964. The highest BCUT2D eigenvalue weighted by molar-refractivity contribution is 5.91. The summed E-state index contributed by atoms with van der Waals surface area (Å²) < 4.78 is 7.10. The average Bonchev–Trinajstić information content (AvgIpc) is 3.06. The lowest BCUT2D eigenvalue weighted by Gasteiger charge is -2.28. The van der Waals surface area contributed by atoms with Gasteiger partial charge in [-0.1, -0.05) is 0 Å². The fourth-order valence-corrected chi connectivity index (χ4v) is 2.40. The number of aryl methyl sites for hydroxylation is 1. The number of hydrogen-bond donors (Lipinski definition) is 0. The Morgan fingerprint density at radius 1 is 1.47 bits per heavy atom. The molecule has 0 fully saturated rings. The molecule has 0 saturated carbocycles. The Morgan fingerprint density at radius 2 is 2.32 bits per heavy atom. The molecule has 3 rings (SSSR count). The van der Waals surface area contributed by atoms with Gasteiger partial charge in [0, 0.05) is 13.1 Å². The third kappa shape index (κ3) is 1.85. The van der Waals surface area contributed by atoms with Crippen molar-refractivity contribution in [1.82, 2.24) is 14.5 Å².